The van der Waals surface area contributed by atoms with Crippen LogP contribution in [-0.2, 0) is 0 Å². The number of para-hydroxylation sites is 3. The van der Waals surface area contributed by atoms with Crippen molar-refractivity contribution in [2.45, 2.75) is 18.9 Å². The lowest BCUT2D eigenvalue weighted by molar-refractivity contribution is 0.565. The van der Waals surface area contributed by atoms with Gasteiger partial charge in [-0.2, -0.15) is 0 Å². The molecule has 0 saturated carbocycles. The van der Waals surface area contributed by atoms with Crippen LogP contribution >= 0.6 is 0 Å². The zero-order valence-electron chi connectivity index (χ0n) is 36.2. The zero-order chi connectivity index (χ0) is 43.4. The normalized spacial score (nSPS) is 16.1. The van der Waals surface area contributed by atoms with Gasteiger partial charge in [-0.05, 0) is 106 Å². The van der Waals surface area contributed by atoms with E-state index in [0.717, 1.165) is 51.1 Å². The third-order valence-corrected chi connectivity index (χ3v) is 18.7. The summed E-state index contributed by atoms with van der Waals surface area (Å²) < 4.78 is 6.55. The number of anilines is 5. The number of hydrogen-bond donors (Lipinski definition) is 0. The molecule has 1 aliphatic heterocycles. The van der Waals surface area contributed by atoms with E-state index in [1.165, 1.54) is 48.7 Å². The minimum atomic E-state index is -2.95. The van der Waals surface area contributed by atoms with Crippen LogP contribution in [0.5, 0.6) is 0 Å². The van der Waals surface area contributed by atoms with Gasteiger partial charge in [0.1, 0.15) is 11.2 Å². The molecule has 1 unspecified atom stereocenters. The van der Waals surface area contributed by atoms with Crippen molar-refractivity contribution in [3.8, 4) is 11.1 Å². The number of fused-ring (bicyclic) bond motifs is 5. The van der Waals surface area contributed by atoms with Crippen LogP contribution in [0.4, 0.5) is 28.4 Å². The van der Waals surface area contributed by atoms with Crippen molar-refractivity contribution < 1.29 is 4.42 Å². The number of benzene rings is 9. The Morgan fingerprint density at radius 3 is 1.68 bits per heavy atom. The summed E-state index contributed by atoms with van der Waals surface area (Å²) in [6, 6.07) is 86.5. The molecule has 12 rings (SSSR count). The molecule has 3 nitrogen and oxygen atoms in total. The van der Waals surface area contributed by atoms with Crippen molar-refractivity contribution in [2.75, 3.05) is 9.80 Å². The molecule has 10 aromatic rings. The van der Waals surface area contributed by atoms with Gasteiger partial charge in [0.05, 0.1) is 11.2 Å². The first-order valence-electron chi connectivity index (χ1n) is 22.6. The lowest BCUT2D eigenvalue weighted by Gasteiger charge is -2.46. The quantitative estimate of drug-likeness (QED) is 0.135. The minimum absolute atomic E-state index is 0.462. The average molecular weight is 851 g/mol. The maximum Gasteiger partial charge on any atom is 0.177 e. The average Bonchev–Trinajstić information content (AvgIpc) is 3.89. The Labute approximate surface area is 381 Å². The smallest absolute Gasteiger partial charge is 0.177 e. The van der Waals surface area contributed by atoms with E-state index < -0.39 is 13.6 Å². The Bertz CT molecular complexity index is 3360. The summed E-state index contributed by atoms with van der Waals surface area (Å²) in [5, 5.41) is 7.98. The highest BCUT2D eigenvalue weighted by Gasteiger charge is 2.54. The second-order valence-electron chi connectivity index (χ2n) is 17.5. The molecule has 1 aromatic heterocycles. The number of furan rings is 1. The molecule has 4 heteroatoms. The summed E-state index contributed by atoms with van der Waals surface area (Å²) in [6.07, 6.45) is 5.76. The summed E-state index contributed by atoms with van der Waals surface area (Å²) in [4.78, 5) is 5.02. The van der Waals surface area contributed by atoms with E-state index in [2.05, 4.69) is 259 Å². The van der Waals surface area contributed by atoms with Gasteiger partial charge in [0.2, 0.25) is 0 Å². The highest BCUT2D eigenvalue weighted by Crippen LogP contribution is 2.51. The maximum atomic E-state index is 6.55. The number of rotatable bonds is 9. The Balaban J connectivity index is 1.09. The van der Waals surface area contributed by atoms with Gasteiger partial charge in [0.25, 0.3) is 0 Å². The molecule has 1 aliphatic carbocycles. The van der Waals surface area contributed by atoms with Crippen molar-refractivity contribution in [3.63, 3.8) is 0 Å². The first-order chi connectivity index (χ1) is 32.1. The summed E-state index contributed by atoms with van der Waals surface area (Å²) >= 11 is 0. The second-order valence-corrected chi connectivity index (χ2v) is 21.3. The predicted octanol–water partition coefficient (Wildman–Crippen LogP) is 14.1. The van der Waals surface area contributed by atoms with Crippen molar-refractivity contribution in [1.82, 2.24) is 0 Å². The highest BCUT2D eigenvalue weighted by atomic mass is 28.3. The Hall–Kier alpha value is -7.92. The maximum absolute atomic E-state index is 6.55. The van der Waals surface area contributed by atoms with E-state index >= 15 is 0 Å². The summed E-state index contributed by atoms with van der Waals surface area (Å²) in [7, 11) is -2.95. The fourth-order valence-electron chi connectivity index (χ4n) is 10.9. The van der Waals surface area contributed by atoms with Crippen molar-refractivity contribution in [3.05, 3.63) is 260 Å². The van der Waals surface area contributed by atoms with Crippen LogP contribution in [0.15, 0.2) is 258 Å². The Morgan fingerprint density at radius 1 is 0.462 bits per heavy atom. The van der Waals surface area contributed by atoms with Gasteiger partial charge < -0.3 is 14.2 Å². The summed E-state index contributed by atoms with van der Waals surface area (Å²) in [6.45, 7) is 2.42. The van der Waals surface area contributed by atoms with E-state index in [0.29, 0.717) is 0 Å². The van der Waals surface area contributed by atoms with Gasteiger partial charge in [-0.1, -0.05) is 187 Å². The monoisotopic (exact) mass is 850 g/mol. The fraction of sp³-hybridized carbons (Fsp3) is 0.0492. The Morgan fingerprint density at radius 2 is 1.00 bits per heavy atom. The third-order valence-electron chi connectivity index (χ3n) is 13.7. The molecular weight excluding hydrogens is 805 g/mol. The molecule has 0 amide bonds. The van der Waals surface area contributed by atoms with Crippen LogP contribution in [-0.4, -0.2) is 13.6 Å². The first kappa shape index (κ1) is 38.7. The molecule has 310 valence electrons. The van der Waals surface area contributed by atoms with Gasteiger partial charge in [-0.3, -0.25) is 0 Å². The molecule has 2 aliphatic rings. The van der Waals surface area contributed by atoms with E-state index in [-0.39, 0.29) is 0 Å². The molecule has 0 bridgehead atoms. The molecule has 0 radical (unpaired) electrons. The molecule has 0 N–H and O–H groups in total. The predicted molar refractivity (Wildman–Crippen MR) is 275 cm³/mol. The number of allylic oxidation sites excluding steroid dienone is 2. The van der Waals surface area contributed by atoms with Gasteiger partial charge >= 0.3 is 0 Å². The zero-order valence-corrected chi connectivity index (χ0v) is 37.2. The lowest BCUT2D eigenvalue weighted by atomic mass is 9.85. The van der Waals surface area contributed by atoms with Gasteiger partial charge in [0.15, 0.2) is 8.07 Å². The van der Waals surface area contributed by atoms with Crippen molar-refractivity contribution >= 4 is 79.6 Å². The largest absolute Gasteiger partial charge is 0.456 e. The molecular formula is C61H46N2OSi. The molecule has 0 fully saturated rings. The van der Waals surface area contributed by atoms with Crippen LogP contribution in [0.2, 0.25) is 0 Å². The van der Waals surface area contributed by atoms with Crippen LogP contribution in [0.3, 0.4) is 0 Å². The molecule has 0 saturated heterocycles. The van der Waals surface area contributed by atoms with Crippen LogP contribution in [0.25, 0.3) is 38.6 Å². The van der Waals surface area contributed by atoms with Crippen molar-refractivity contribution in [2.24, 2.45) is 0 Å². The summed E-state index contributed by atoms with van der Waals surface area (Å²) in [5.41, 5.74) is 12.0. The van der Waals surface area contributed by atoms with E-state index in [9.17, 15) is 0 Å². The first-order valence-corrected chi connectivity index (χ1v) is 24.6. The third kappa shape index (κ3) is 6.32. The molecule has 0 spiro atoms. The summed E-state index contributed by atoms with van der Waals surface area (Å²) in [5.74, 6) is 0. The minimum Gasteiger partial charge on any atom is -0.456 e. The van der Waals surface area contributed by atoms with Crippen LogP contribution < -0.4 is 25.4 Å². The fourth-order valence-corrected chi connectivity index (χ4v) is 16.5. The van der Waals surface area contributed by atoms with Gasteiger partial charge in [-0.15, -0.1) is 0 Å². The van der Waals surface area contributed by atoms with Gasteiger partial charge in [-0.25, -0.2) is 0 Å². The van der Waals surface area contributed by atoms with E-state index in [1.54, 1.807) is 0 Å². The Kier molecular flexibility index (Phi) is 9.36. The van der Waals surface area contributed by atoms with Gasteiger partial charge in [0, 0.05) is 45.2 Å². The van der Waals surface area contributed by atoms with E-state index in [4.69, 9.17) is 4.42 Å². The molecule has 65 heavy (non-hydrogen) atoms. The van der Waals surface area contributed by atoms with E-state index in [1.807, 2.05) is 6.07 Å². The standard InChI is InChI=1S/C61H46N2OSi/c1-61(63(48-24-11-4-12-25-48)49-38-39-53-52-30-17-18-32-56(52)64-57(53)42-49)41-40-54-59(43-61)65(50-26-13-5-14-27-50,51-28-15-6-16-29-51)58-33-19-31-55(60(54)58)62(46-22-9-3-10-23-46)47-36-34-45(35-37-47)44-20-7-2-8-21-44/h2-42H,43H2,1H3. The van der Waals surface area contributed by atoms with Crippen LogP contribution in [0, 0.1) is 0 Å². The lowest BCUT2D eigenvalue weighted by Crippen LogP contribution is -2.68. The SMILES string of the molecule is CC1(N(c2ccccc2)c2ccc3c(c2)oc2ccccc23)C=CC2=C(C1)[Si](c1ccccc1)(c1ccccc1)c1cccc(N(c3ccccc3)c3ccc(-c4ccccc4)cc3)c12. The topological polar surface area (TPSA) is 19.6 Å². The second kappa shape index (κ2) is 15.7. The molecule has 1 atom stereocenters. The molecule has 9 aromatic carbocycles. The number of hydrogen-bond acceptors (Lipinski definition) is 3. The van der Waals surface area contributed by atoms with Crippen LogP contribution in [0.1, 0.15) is 18.9 Å². The highest BCUT2D eigenvalue weighted by molar-refractivity contribution is 7.18. The van der Waals surface area contributed by atoms with Crippen molar-refractivity contribution in [1.29, 1.82) is 0 Å². The number of nitrogens with zero attached hydrogens (tertiary/aromatic N) is 2. The molecule has 2 heterocycles.